The Morgan fingerprint density at radius 2 is 1.94 bits per heavy atom. The summed E-state index contributed by atoms with van der Waals surface area (Å²) >= 11 is 0. The first kappa shape index (κ1) is 21.1. The third-order valence-electron chi connectivity index (χ3n) is 6.59. The molecule has 2 aliphatic rings. The number of nitrogens with one attached hydrogen (secondary N) is 2. The molecule has 2 N–H and O–H groups in total. The number of fused-ring (bicyclic) bond motifs is 3. The van der Waals surface area contributed by atoms with Crippen LogP contribution in [0.4, 0.5) is 23.2 Å². The maximum atomic E-state index is 15.1. The number of carbonyl (C=O) groups is 1. The maximum Gasteiger partial charge on any atom is 0.416 e. The Kier molecular flexibility index (Phi) is 5.26. The van der Waals surface area contributed by atoms with Crippen LogP contribution in [-0.2, 0) is 11.0 Å². The predicted octanol–water partition coefficient (Wildman–Crippen LogP) is 5.75. The highest BCUT2D eigenvalue weighted by Crippen LogP contribution is 2.39. The van der Waals surface area contributed by atoms with Gasteiger partial charge in [-0.25, -0.2) is 4.39 Å². The number of hydrogen-bond donors (Lipinski definition) is 2. The number of hydrogen-bond acceptors (Lipinski definition) is 2. The number of alkyl halides is 3. The van der Waals surface area contributed by atoms with E-state index in [9.17, 15) is 18.0 Å². The molecule has 1 saturated heterocycles. The highest BCUT2D eigenvalue weighted by atomic mass is 19.4. The van der Waals surface area contributed by atoms with Crippen molar-refractivity contribution in [1.82, 2.24) is 10.3 Å². The van der Waals surface area contributed by atoms with Crippen molar-refractivity contribution in [1.29, 1.82) is 0 Å². The fraction of sp³-hybridized carbons (Fsp3) is 0.458. The Morgan fingerprint density at radius 1 is 1.12 bits per heavy atom. The third kappa shape index (κ3) is 4.14. The zero-order chi connectivity index (χ0) is 22.5. The van der Waals surface area contributed by atoms with E-state index >= 15 is 4.39 Å². The molecule has 1 unspecified atom stereocenters. The number of rotatable bonds is 5. The van der Waals surface area contributed by atoms with Crippen molar-refractivity contribution in [2.45, 2.75) is 50.7 Å². The summed E-state index contributed by atoms with van der Waals surface area (Å²) in [6.45, 7) is 1.09. The van der Waals surface area contributed by atoms with Crippen LogP contribution in [-0.4, -0.2) is 30.0 Å². The number of piperidine rings is 1. The smallest absolute Gasteiger partial charge is 0.367 e. The van der Waals surface area contributed by atoms with Gasteiger partial charge in [-0.05, 0) is 49.4 Å². The van der Waals surface area contributed by atoms with Gasteiger partial charge in [-0.3, -0.25) is 4.79 Å². The fourth-order valence-corrected chi connectivity index (χ4v) is 4.78. The second-order valence-electron chi connectivity index (χ2n) is 9.04. The summed E-state index contributed by atoms with van der Waals surface area (Å²) in [7, 11) is 0. The highest BCUT2D eigenvalue weighted by Gasteiger charge is 2.31. The molecule has 0 spiro atoms. The van der Waals surface area contributed by atoms with Gasteiger partial charge < -0.3 is 15.2 Å². The van der Waals surface area contributed by atoms with Gasteiger partial charge in [0.05, 0.1) is 11.3 Å². The topological polar surface area (TPSA) is 48.1 Å². The van der Waals surface area contributed by atoms with Crippen LogP contribution in [0.5, 0.6) is 0 Å². The van der Waals surface area contributed by atoms with E-state index in [4.69, 9.17) is 0 Å². The van der Waals surface area contributed by atoms with Crippen molar-refractivity contribution in [3.05, 3.63) is 41.7 Å². The largest absolute Gasteiger partial charge is 0.416 e. The van der Waals surface area contributed by atoms with Gasteiger partial charge in [0.25, 0.3) is 0 Å². The van der Waals surface area contributed by atoms with Crippen molar-refractivity contribution >= 4 is 33.4 Å². The number of aromatic nitrogens is 1. The molecule has 2 fully saturated rings. The van der Waals surface area contributed by atoms with Gasteiger partial charge in [0, 0.05) is 47.4 Å². The van der Waals surface area contributed by atoms with Gasteiger partial charge >= 0.3 is 6.18 Å². The molecule has 4 nitrogen and oxygen atoms in total. The SMILES string of the molecule is O=C(CCC1CC1)NC1CCCN(c2c(F)ccc3[nH]c4cc(C(F)(F)F)ccc4c23)C1. The molecular weight excluding hydrogens is 422 g/mol. The van der Waals surface area contributed by atoms with Crippen LogP contribution in [0.2, 0.25) is 0 Å². The highest BCUT2D eigenvalue weighted by molar-refractivity contribution is 6.13. The zero-order valence-corrected chi connectivity index (χ0v) is 17.6. The fourth-order valence-electron chi connectivity index (χ4n) is 4.78. The summed E-state index contributed by atoms with van der Waals surface area (Å²) in [6.07, 6.45) is 1.04. The number of halogens is 4. The van der Waals surface area contributed by atoms with Gasteiger partial charge in [-0.1, -0.05) is 18.9 Å². The summed E-state index contributed by atoms with van der Waals surface area (Å²) in [5.41, 5.74) is 0.547. The van der Waals surface area contributed by atoms with Crippen molar-refractivity contribution in [3.8, 4) is 0 Å². The molecule has 1 atom stereocenters. The van der Waals surface area contributed by atoms with Gasteiger partial charge in [0.1, 0.15) is 5.82 Å². The molecule has 1 amide bonds. The van der Waals surface area contributed by atoms with E-state index in [-0.39, 0.29) is 11.9 Å². The molecule has 2 aromatic carbocycles. The summed E-state index contributed by atoms with van der Waals surface area (Å²) < 4.78 is 54.5. The zero-order valence-electron chi connectivity index (χ0n) is 17.6. The molecule has 1 aromatic heterocycles. The predicted molar refractivity (Wildman–Crippen MR) is 116 cm³/mol. The number of H-pyrrole nitrogens is 1. The number of aromatic amines is 1. The lowest BCUT2D eigenvalue weighted by molar-refractivity contribution is -0.137. The van der Waals surface area contributed by atoms with Crippen LogP contribution in [0.25, 0.3) is 21.8 Å². The number of nitrogens with zero attached hydrogens (tertiary/aromatic N) is 1. The lowest BCUT2D eigenvalue weighted by atomic mass is 10.0. The van der Waals surface area contributed by atoms with E-state index < -0.39 is 17.6 Å². The average Bonchev–Trinajstić information content (AvgIpc) is 3.51. The van der Waals surface area contributed by atoms with Crippen LogP contribution in [0.1, 0.15) is 44.1 Å². The average molecular weight is 447 g/mol. The molecule has 0 radical (unpaired) electrons. The lowest BCUT2D eigenvalue weighted by Gasteiger charge is -2.35. The summed E-state index contributed by atoms with van der Waals surface area (Å²) in [6, 6.07) is 6.32. The molecule has 0 bridgehead atoms. The Morgan fingerprint density at radius 3 is 2.69 bits per heavy atom. The van der Waals surface area contributed by atoms with Crippen molar-refractivity contribution in [3.63, 3.8) is 0 Å². The van der Waals surface area contributed by atoms with E-state index in [0.29, 0.717) is 52.9 Å². The van der Waals surface area contributed by atoms with Crippen LogP contribution >= 0.6 is 0 Å². The molecule has 170 valence electrons. The normalized spacial score (nSPS) is 19.6. The third-order valence-corrected chi connectivity index (χ3v) is 6.59. The Hall–Kier alpha value is -2.77. The van der Waals surface area contributed by atoms with Gasteiger partial charge in [-0.15, -0.1) is 0 Å². The first-order chi connectivity index (χ1) is 15.3. The van der Waals surface area contributed by atoms with E-state index in [1.165, 1.54) is 25.0 Å². The van der Waals surface area contributed by atoms with Gasteiger partial charge in [-0.2, -0.15) is 13.2 Å². The second-order valence-corrected chi connectivity index (χ2v) is 9.04. The van der Waals surface area contributed by atoms with Crippen LogP contribution in [0.15, 0.2) is 30.3 Å². The van der Waals surface area contributed by atoms with Crippen LogP contribution < -0.4 is 10.2 Å². The molecule has 32 heavy (non-hydrogen) atoms. The lowest BCUT2D eigenvalue weighted by Crippen LogP contribution is -2.48. The van der Waals surface area contributed by atoms with Crippen LogP contribution in [0, 0.1) is 11.7 Å². The molecule has 8 heteroatoms. The summed E-state index contributed by atoms with van der Waals surface area (Å²) in [4.78, 5) is 17.2. The number of benzene rings is 2. The minimum absolute atomic E-state index is 0.0363. The summed E-state index contributed by atoms with van der Waals surface area (Å²) in [5, 5.41) is 4.22. The number of anilines is 1. The first-order valence-electron chi connectivity index (χ1n) is 11.1. The van der Waals surface area contributed by atoms with E-state index in [1.54, 1.807) is 6.07 Å². The minimum Gasteiger partial charge on any atom is -0.367 e. The monoisotopic (exact) mass is 447 g/mol. The van der Waals surface area contributed by atoms with Crippen molar-refractivity contribution < 1.29 is 22.4 Å². The molecular formula is C24H25F4N3O. The Labute approximate surface area is 183 Å². The number of amides is 1. The van der Waals surface area contributed by atoms with E-state index in [1.807, 2.05) is 4.90 Å². The molecule has 2 heterocycles. The minimum atomic E-state index is -4.45. The molecule has 3 aromatic rings. The molecule has 1 aliphatic heterocycles. The summed E-state index contributed by atoms with van der Waals surface area (Å²) in [5.74, 6) is 0.309. The second kappa shape index (κ2) is 7.98. The van der Waals surface area contributed by atoms with Crippen LogP contribution in [0.3, 0.4) is 0 Å². The molecule has 1 aliphatic carbocycles. The van der Waals surface area contributed by atoms with E-state index in [2.05, 4.69) is 10.3 Å². The van der Waals surface area contributed by atoms with Gasteiger partial charge in [0.2, 0.25) is 5.91 Å². The van der Waals surface area contributed by atoms with Crippen molar-refractivity contribution in [2.24, 2.45) is 5.92 Å². The Balaban J connectivity index is 1.44. The number of carbonyl (C=O) groups excluding carboxylic acids is 1. The molecule has 1 saturated carbocycles. The Bertz CT molecular complexity index is 1170. The maximum absolute atomic E-state index is 15.1. The van der Waals surface area contributed by atoms with Crippen molar-refractivity contribution in [2.75, 3.05) is 18.0 Å². The molecule has 5 rings (SSSR count). The van der Waals surface area contributed by atoms with E-state index in [0.717, 1.165) is 31.4 Å². The standard InChI is InChI=1S/C24H25F4N3O/c25-18-8-9-19-22(17-7-6-15(24(26,27)28)12-20(17)30-19)23(18)31-11-1-2-16(13-31)29-21(32)10-5-14-3-4-14/h6-9,12,14,16,30H,1-5,10-11,13H2,(H,29,32). The first-order valence-corrected chi connectivity index (χ1v) is 11.1. The van der Waals surface area contributed by atoms with Gasteiger partial charge in [0.15, 0.2) is 0 Å². The quantitative estimate of drug-likeness (QED) is 0.489.